The van der Waals surface area contributed by atoms with E-state index in [1.807, 2.05) is 0 Å². The van der Waals surface area contributed by atoms with Crippen molar-refractivity contribution in [1.82, 2.24) is 10.2 Å². The molecule has 1 saturated carbocycles. The fourth-order valence-electron chi connectivity index (χ4n) is 3.34. The molecule has 1 aliphatic carbocycles. The lowest BCUT2D eigenvalue weighted by Gasteiger charge is -2.34. The summed E-state index contributed by atoms with van der Waals surface area (Å²) in [6.45, 7) is 0.561. The summed E-state index contributed by atoms with van der Waals surface area (Å²) in [5.74, 6) is -1.85. The standard InChI is InChI=1S/C15H24F3N3O2.ClH/c16-15(17,18)13(23)21-8-4-11(5-9-21)10-20-12(22)14(19)6-2-1-3-7-14;/h11H,1-10,19H2,(H,20,22);1H. The summed E-state index contributed by atoms with van der Waals surface area (Å²) in [5.41, 5.74) is 5.34. The predicted octanol–water partition coefficient (Wildman–Crippen LogP) is 1.99. The Kier molecular flexibility index (Phi) is 7.34. The van der Waals surface area contributed by atoms with Gasteiger partial charge in [-0.25, -0.2) is 0 Å². The van der Waals surface area contributed by atoms with Crippen molar-refractivity contribution in [3.8, 4) is 0 Å². The highest BCUT2D eigenvalue weighted by molar-refractivity contribution is 5.86. The number of rotatable bonds is 3. The van der Waals surface area contributed by atoms with Crippen molar-refractivity contribution in [2.45, 2.75) is 56.7 Å². The van der Waals surface area contributed by atoms with Gasteiger partial charge >= 0.3 is 12.1 Å². The first-order valence-corrected chi connectivity index (χ1v) is 8.16. The summed E-state index contributed by atoms with van der Waals surface area (Å²) in [6.07, 6.45) is 0.448. The van der Waals surface area contributed by atoms with E-state index in [9.17, 15) is 22.8 Å². The minimum absolute atomic E-state index is 0. The van der Waals surface area contributed by atoms with Crippen LogP contribution in [0.25, 0.3) is 0 Å². The molecule has 2 aliphatic rings. The molecule has 0 aromatic carbocycles. The van der Waals surface area contributed by atoms with Gasteiger partial charge in [0.1, 0.15) is 0 Å². The molecule has 0 aromatic heterocycles. The van der Waals surface area contributed by atoms with Gasteiger partial charge in [0.2, 0.25) is 5.91 Å². The molecule has 0 radical (unpaired) electrons. The highest BCUT2D eigenvalue weighted by Crippen LogP contribution is 2.27. The Labute approximate surface area is 145 Å². The van der Waals surface area contributed by atoms with Crippen LogP contribution in [0.4, 0.5) is 13.2 Å². The van der Waals surface area contributed by atoms with E-state index in [2.05, 4.69) is 5.32 Å². The van der Waals surface area contributed by atoms with Gasteiger partial charge in [-0.15, -0.1) is 12.4 Å². The van der Waals surface area contributed by atoms with Crippen LogP contribution >= 0.6 is 12.4 Å². The van der Waals surface area contributed by atoms with Crippen LogP contribution in [0.2, 0.25) is 0 Å². The van der Waals surface area contributed by atoms with Gasteiger partial charge in [-0.05, 0) is 31.6 Å². The maximum Gasteiger partial charge on any atom is 0.471 e. The van der Waals surface area contributed by atoms with Crippen LogP contribution in [0.1, 0.15) is 44.9 Å². The third kappa shape index (κ3) is 5.24. The maximum atomic E-state index is 12.4. The van der Waals surface area contributed by atoms with Gasteiger partial charge in [0.25, 0.3) is 0 Å². The quantitative estimate of drug-likeness (QED) is 0.796. The number of carbonyl (C=O) groups is 2. The van der Waals surface area contributed by atoms with Gasteiger partial charge in [0.05, 0.1) is 5.54 Å². The molecule has 0 spiro atoms. The van der Waals surface area contributed by atoms with E-state index in [0.29, 0.717) is 32.2 Å². The Morgan fingerprint density at radius 1 is 1.12 bits per heavy atom. The molecule has 140 valence electrons. The number of hydrogen-bond acceptors (Lipinski definition) is 3. The van der Waals surface area contributed by atoms with Gasteiger partial charge < -0.3 is 16.0 Å². The van der Waals surface area contributed by atoms with E-state index in [0.717, 1.165) is 24.2 Å². The van der Waals surface area contributed by atoms with E-state index in [1.165, 1.54) is 0 Å². The van der Waals surface area contributed by atoms with Crippen molar-refractivity contribution in [3.63, 3.8) is 0 Å². The second kappa shape index (κ2) is 8.38. The summed E-state index contributed by atoms with van der Waals surface area (Å²) in [7, 11) is 0. The first-order chi connectivity index (χ1) is 10.7. The van der Waals surface area contributed by atoms with E-state index in [4.69, 9.17) is 5.73 Å². The number of nitrogens with zero attached hydrogens (tertiary/aromatic N) is 1. The molecule has 2 amide bonds. The van der Waals surface area contributed by atoms with Crippen molar-refractivity contribution in [1.29, 1.82) is 0 Å². The van der Waals surface area contributed by atoms with E-state index < -0.39 is 17.6 Å². The smallest absolute Gasteiger partial charge is 0.354 e. The monoisotopic (exact) mass is 371 g/mol. The van der Waals surface area contributed by atoms with Gasteiger partial charge in [0.15, 0.2) is 0 Å². The molecule has 2 rings (SSSR count). The zero-order valence-electron chi connectivity index (χ0n) is 13.5. The summed E-state index contributed by atoms with van der Waals surface area (Å²) >= 11 is 0. The maximum absolute atomic E-state index is 12.4. The van der Waals surface area contributed by atoms with Gasteiger partial charge in [-0.2, -0.15) is 13.2 Å². The summed E-state index contributed by atoms with van der Waals surface area (Å²) in [4.78, 5) is 24.2. The Hall–Kier alpha value is -1.02. The lowest BCUT2D eigenvalue weighted by atomic mass is 9.81. The number of likely N-dealkylation sites (tertiary alicyclic amines) is 1. The molecular formula is C15H25ClF3N3O2. The molecule has 1 saturated heterocycles. The average Bonchev–Trinajstić information content (AvgIpc) is 2.52. The van der Waals surface area contributed by atoms with Crippen molar-refractivity contribution in [2.24, 2.45) is 11.7 Å². The van der Waals surface area contributed by atoms with Crippen LogP contribution in [-0.2, 0) is 9.59 Å². The minimum atomic E-state index is -4.81. The highest BCUT2D eigenvalue weighted by Gasteiger charge is 2.43. The molecule has 2 fully saturated rings. The number of amides is 2. The van der Waals surface area contributed by atoms with E-state index in [1.54, 1.807) is 0 Å². The summed E-state index contributed by atoms with van der Waals surface area (Å²) in [5, 5.41) is 2.85. The Morgan fingerprint density at radius 2 is 1.67 bits per heavy atom. The zero-order valence-corrected chi connectivity index (χ0v) is 14.3. The summed E-state index contributed by atoms with van der Waals surface area (Å²) in [6, 6.07) is 0. The first kappa shape index (κ1) is 21.0. The molecule has 1 heterocycles. The number of halogens is 4. The first-order valence-electron chi connectivity index (χ1n) is 8.16. The molecule has 0 unspecified atom stereocenters. The molecular weight excluding hydrogens is 347 g/mol. The Balaban J connectivity index is 0.00000288. The van der Waals surface area contributed by atoms with E-state index >= 15 is 0 Å². The molecule has 9 heteroatoms. The van der Waals surface area contributed by atoms with Crippen molar-refractivity contribution in [3.05, 3.63) is 0 Å². The number of piperidine rings is 1. The van der Waals surface area contributed by atoms with Crippen LogP contribution in [0.15, 0.2) is 0 Å². The van der Waals surface area contributed by atoms with Crippen LogP contribution in [0.5, 0.6) is 0 Å². The average molecular weight is 372 g/mol. The largest absolute Gasteiger partial charge is 0.471 e. The molecule has 0 aromatic rings. The van der Waals surface area contributed by atoms with Gasteiger partial charge in [-0.3, -0.25) is 9.59 Å². The molecule has 3 N–H and O–H groups in total. The molecule has 1 aliphatic heterocycles. The number of alkyl halides is 3. The molecule has 0 atom stereocenters. The van der Waals surface area contributed by atoms with Crippen LogP contribution in [-0.4, -0.2) is 48.1 Å². The second-order valence-electron chi connectivity index (χ2n) is 6.66. The van der Waals surface area contributed by atoms with E-state index in [-0.39, 0.29) is 37.3 Å². The van der Waals surface area contributed by atoms with Crippen molar-refractivity contribution >= 4 is 24.2 Å². The number of nitrogens with two attached hydrogens (primary N) is 1. The van der Waals surface area contributed by atoms with Gasteiger partial charge in [-0.1, -0.05) is 19.3 Å². The highest BCUT2D eigenvalue weighted by atomic mass is 35.5. The minimum Gasteiger partial charge on any atom is -0.354 e. The SMILES string of the molecule is Cl.NC1(C(=O)NCC2CCN(C(=O)C(F)(F)F)CC2)CCCCC1. The topological polar surface area (TPSA) is 75.4 Å². The van der Waals surface area contributed by atoms with Crippen molar-refractivity contribution in [2.75, 3.05) is 19.6 Å². The zero-order chi connectivity index (χ0) is 17.1. The van der Waals surface area contributed by atoms with Crippen molar-refractivity contribution < 1.29 is 22.8 Å². The normalized spacial score (nSPS) is 21.8. The Bertz CT molecular complexity index is 446. The summed E-state index contributed by atoms with van der Waals surface area (Å²) < 4.78 is 37.1. The second-order valence-corrected chi connectivity index (χ2v) is 6.66. The third-order valence-electron chi connectivity index (χ3n) is 4.89. The molecule has 5 nitrogen and oxygen atoms in total. The van der Waals surface area contributed by atoms with Crippen LogP contribution in [0.3, 0.4) is 0 Å². The fraction of sp³-hybridized carbons (Fsp3) is 0.867. The molecule has 24 heavy (non-hydrogen) atoms. The molecule has 0 bridgehead atoms. The fourth-order valence-corrected chi connectivity index (χ4v) is 3.34. The number of nitrogens with one attached hydrogen (secondary N) is 1. The van der Waals surface area contributed by atoms with Crippen LogP contribution < -0.4 is 11.1 Å². The van der Waals surface area contributed by atoms with Crippen LogP contribution in [0, 0.1) is 5.92 Å². The lowest BCUT2D eigenvalue weighted by molar-refractivity contribution is -0.186. The Morgan fingerprint density at radius 3 is 2.17 bits per heavy atom. The number of carbonyl (C=O) groups excluding carboxylic acids is 2. The number of hydrogen-bond donors (Lipinski definition) is 2. The van der Waals surface area contributed by atoms with Gasteiger partial charge in [0, 0.05) is 19.6 Å². The lowest BCUT2D eigenvalue weighted by Crippen LogP contribution is -2.56. The predicted molar refractivity (Wildman–Crippen MR) is 85.6 cm³/mol. The third-order valence-corrected chi connectivity index (χ3v) is 4.89.